The van der Waals surface area contributed by atoms with Crippen molar-refractivity contribution in [2.24, 2.45) is 0 Å². The molecule has 8 nitrogen and oxygen atoms in total. The van der Waals surface area contributed by atoms with Gasteiger partial charge in [-0.3, -0.25) is 9.69 Å². The number of piperazine rings is 1. The van der Waals surface area contributed by atoms with Crippen LogP contribution in [0.2, 0.25) is 0 Å². The first-order valence-electron chi connectivity index (χ1n) is 9.93. The standard InChI is InChI=1S/C20H28N4O4/c1-27-14-13-23-8-4-7-20(26,18(23)25)15-22-9-11-24(12-10-22)19-21-16-5-2-3-6-17(16)28-19/h2-3,5-6,26H,4,7-15H2,1H3/t20-/m0/s1. The summed E-state index contributed by atoms with van der Waals surface area (Å²) in [4.78, 5) is 23.3. The topological polar surface area (TPSA) is 82.3 Å². The summed E-state index contributed by atoms with van der Waals surface area (Å²) in [6.07, 6.45) is 1.33. The molecular formula is C20H28N4O4. The number of piperidine rings is 1. The average Bonchev–Trinajstić information content (AvgIpc) is 3.14. The molecule has 2 aromatic rings. The highest BCUT2D eigenvalue weighted by Crippen LogP contribution is 2.26. The number of hydrogen-bond acceptors (Lipinski definition) is 7. The minimum atomic E-state index is -1.30. The highest BCUT2D eigenvalue weighted by molar-refractivity contribution is 5.86. The molecular weight excluding hydrogens is 360 g/mol. The van der Waals surface area contributed by atoms with Crippen LogP contribution in [-0.2, 0) is 9.53 Å². The first-order chi connectivity index (χ1) is 13.6. The Morgan fingerprint density at radius 3 is 2.75 bits per heavy atom. The van der Waals surface area contributed by atoms with Crippen LogP contribution < -0.4 is 4.90 Å². The Balaban J connectivity index is 1.35. The van der Waals surface area contributed by atoms with Crippen LogP contribution in [0.4, 0.5) is 6.01 Å². The molecule has 0 spiro atoms. The van der Waals surface area contributed by atoms with Crippen LogP contribution in [-0.4, -0.2) is 90.9 Å². The lowest BCUT2D eigenvalue weighted by molar-refractivity contribution is -0.160. The van der Waals surface area contributed by atoms with E-state index in [1.807, 2.05) is 24.3 Å². The van der Waals surface area contributed by atoms with Gasteiger partial charge in [0.15, 0.2) is 11.2 Å². The van der Waals surface area contributed by atoms with Crippen molar-refractivity contribution in [2.75, 3.05) is 64.4 Å². The summed E-state index contributed by atoms with van der Waals surface area (Å²) in [5, 5.41) is 11.0. The second kappa shape index (κ2) is 8.06. The second-order valence-corrected chi connectivity index (χ2v) is 7.65. The second-order valence-electron chi connectivity index (χ2n) is 7.65. The van der Waals surface area contributed by atoms with Gasteiger partial charge < -0.3 is 24.1 Å². The number of aromatic nitrogens is 1. The van der Waals surface area contributed by atoms with Crippen LogP contribution in [0.5, 0.6) is 0 Å². The third-order valence-corrected chi connectivity index (χ3v) is 5.68. The molecule has 1 amide bonds. The van der Waals surface area contributed by atoms with Crippen LogP contribution in [0.15, 0.2) is 28.7 Å². The molecule has 1 atom stereocenters. The number of oxazole rings is 1. The number of ether oxygens (including phenoxy) is 1. The third-order valence-electron chi connectivity index (χ3n) is 5.68. The fourth-order valence-corrected chi connectivity index (χ4v) is 4.09. The number of benzene rings is 1. The first kappa shape index (κ1) is 19.2. The number of carbonyl (C=O) groups excluding carboxylic acids is 1. The summed E-state index contributed by atoms with van der Waals surface area (Å²) < 4.78 is 10.9. The Labute approximate surface area is 164 Å². The van der Waals surface area contributed by atoms with Crippen molar-refractivity contribution in [2.45, 2.75) is 18.4 Å². The fourth-order valence-electron chi connectivity index (χ4n) is 4.09. The fraction of sp³-hybridized carbons (Fsp3) is 0.600. The number of para-hydroxylation sites is 2. The van der Waals surface area contributed by atoms with Gasteiger partial charge in [-0.2, -0.15) is 4.98 Å². The van der Waals surface area contributed by atoms with E-state index in [9.17, 15) is 9.90 Å². The predicted octanol–water partition coefficient (Wildman–Crippen LogP) is 0.950. The largest absolute Gasteiger partial charge is 0.423 e. The number of amides is 1. The van der Waals surface area contributed by atoms with Crippen LogP contribution in [0.3, 0.4) is 0 Å². The molecule has 8 heteroatoms. The van der Waals surface area contributed by atoms with E-state index in [0.29, 0.717) is 38.7 Å². The molecule has 0 saturated carbocycles. The van der Waals surface area contributed by atoms with Gasteiger partial charge in [-0.15, -0.1) is 0 Å². The molecule has 1 aromatic heterocycles. The Bertz CT molecular complexity index is 784. The predicted molar refractivity (Wildman–Crippen MR) is 105 cm³/mol. The van der Waals surface area contributed by atoms with Crippen molar-refractivity contribution in [1.29, 1.82) is 0 Å². The van der Waals surface area contributed by atoms with E-state index >= 15 is 0 Å². The lowest BCUT2D eigenvalue weighted by atomic mass is 9.91. The summed E-state index contributed by atoms with van der Waals surface area (Å²) in [6.45, 7) is 5.11. The molecule has 0 aliphatic carbocycles. The highest BCUT2D eigenvalue weighted by Gasteiger charge is 2.43. The quantitative estimate of drug-likeness (QED) is 0.789. The number of anilines is 1. The minimum absolute atomic E-state index is 0.169. The monoisotopic (exact) mass is 388 g/mol. The number of rotatable bonds is 6. The molecule has 2 saturated heterocycles. The van der Waals surface area contributed by atoms with E-state index in [1.165, 1.54) is 0 Å². The van der Waals surface area contributed by atoms with Crippen molar-refractivity contribution in [3.63, 3.8) is 0 Å². The maximum Gasteiger partial charge on any atom is 0.298 e. The molecule has 0 radical (unpaired) electrons. The van der Waals surface area contributed by atoms with Gasteiger partial charge >= 0.3 is 0 Å². The molecule has 152 valence electrons. The van der Waals surface area contributed by atoms with E-state index in [1.54, 1.807) is 12.0 Å². The van der Waals surface area contributed by atoms with Crippen molar-refractivity contribution >= 4 is 23.0 Å². The Morgan fingerprint density at radius 1 is 1.21 bits per heavy atom. The SMILES string of the molecule is COCCN1CCC[C@](O)(CN2CCN(c3nc4ccccc4o3)CC2)C1=O. The maximum absolute atomic E-state index is 12.8. The van der Waals surface area contributed by atoms with Gasteiger partial charge in [-0.1, -0.05) is 12.1 Å². The van der Waals surface area contributed by atoms with E-state index in [2.05, 4.69) is 14.8 Å². The summed E-state index contributed by atoms with van der Waals surface area (Å²) in [6, 6.07) is 8.39. The van der Waals surface area contributed by atoms with E-state index in [4.69, 9.17) is 9.15 Å². The molecule has 28 heavy (non-hydrogen) atoms. The van der Waals surface area contributed by atoms with E-state index in [-0.39, 0.29) is 5.91 Å². The van der Waals surface area contributed by atoms with Gasteiger partial charge in [0.1, 0.15) is 5.52 Å². The first-order valence-corrected chi connectivity index (χ1v) is 9.93. The molecule has 1 aromatic carbocycles. The molecule has 2 fully saturated rings. The molecule has 3 heterocycles. The average molecular weight is 388 g/mol. The number of methoxy groups -OCH3 is 1. The van der Waals surface area contributed by atoms with E-state index < -0.39 is 5.60 Å². The zero-order chi connectivity index (χ0) is 19.6. The summed E-state index contributed by atoms with van der Waals surface area (Å²) >= 11 is 0. The minimum Gasteiger partial charge on any atom is -0.423 e. The summed E-state index contributed by atoms with van der Waals surface area (Å²) in [7, 11) is 1.62. The number of aliphatic hydroxyl groups is 1. The van der Waals surface area contributed by atoms with Gasteiger partial charge in [0, 0.05) is 52.9 Å². The smallest absolute Gasteiger partial charge is 0.298 e. The Kier molecular flexibility index (Phi) is 5.52. The Morgan fingerprint density at radius 2 is 2.00 bits per heavy atom. The normalized spacial score (nSPS) is 24.3. The van der Waals surface area contributed by atoms with Gasteiger partial charge in [-0.05, 0) is 25.0 Å². The molecule has 4 rings (SSSR count). The third kappa shape index (κ3) is 3.85. The lowest BCUT2D eigenvalue weighted by Crippen LogP contribution is -2.61. The Hall–Kier alpha value is -2.16. The van der Waals surface area contributed by atoms with Crippen molar-refractivity contribution < 1.29 is 19.1 Å². The number of nitrogens with zero attached hydrogens (tertiary/aromatic N) is 4. The molecule has 2 aliphatic rings. The lowest BCUT2D eigenvalue weighted by Gasteiger charge is -2.42. The number of β-amino-alcohol motifs (C(OH)–C–C–N with tert-alkyl or cyclic N) is 1. The number of fused-ring (bicyclic) bond motifs is 1. The van der Waals surface area contributed by atoms with Gasteiger partial charge in [-0.25, -0.2) is 0 Å². The van der Waals surface area contributed by atoms with E-state index in [0.717, 1.165) is 43.7 Å². The number of hydrogen-bond donors (Lipinski definition) is 1. The summed E-state index contributed by atoms with van der Waals surface area (Å²) in [5.41, 5.74) is 0.350. The van der Waals surface area contributed by atoms with Crippen molar-refractivity contribution in [1.82, 2.24) is 14.8 Å². The molecule has 0 unspecified atom stereocenters. The maximum atomic E-state index is 12.8. The van der Waals surface area contributed by atoms with Crippen LogP contribution in [0.25, 0.3) is 11.1 Å². The molecule has 2 aliphatic heterocycles. The molecule has 1 N–H and O–H groups in total. The van der Waals surface area contributed by atoms with Crippen LogP contribution in [0.1, 0.15) is 12.8 Å². The van der Waals surface area contributed by atoms with Crippen molar-refractivity contribution in [3.05, 3.63) is 24.3 Å². The zero-order valence-corrected chi connectivity index (χ0v) is 16.3. The van der Waals surface area contributed by atoms with Gasteiger partial charge in [0.05, 0.1) is 6.61 Å². The van der Waals surface area contributed by atoms with Crippen LogP contribution >= 0.6 is 0 Å². The number of carbonyl (C=O) groups is 1. The number of likely N-dealkylation sites (tertiary alicyclic amines) is 1. The van der Waals surface area contributed by atoms with Crippen molar-refractivity contribution in [3.8, 4) is 0 Å². The molecule has 0 bridgehead atoms. The zero-order valence-electron chi connectivity index (χ0n) is 16.3. The van der Waals surface area contributed by atoms with Gasteiger partial charge in [0.25, 0.3) is 11.9 Å². The highest BCUT2D eigenvalue weighted by atomic mass is 16.5. The van der Waals surface area contributed by atoms with Crippen LogP contribution in [0, 0.1) is 0 Å². The summed E-state index contributed by atoms with van der Waals surface area (Å²) in [5.74, 6) is -0.169. The van der Waals surface area contributed by atoms with Gasteiger partial charge in [0.2, 0.25) is 0 Å².